The van der Waals surface area contributed by atoms with Crippen molar-refractivity contribution in [3.8, 4) is 11.5 Å². The van der Waals surface area contributed by atoms with E-state index >= 15 is 0 Å². The van der Waals surface area contributed by atoms with Crippen LogP contribution in [0.25, 0.3) is 0 Å². The molecule has 9 heteroatoms. The van der Waals surface area contributed by atoms with E-state index in [1.54, 1.807) is 0 Å². The molecule has 3 aromatic rings. The van der Waals surface area contributed by atoms with Crippen LogP contribution in [0.15, 0.2) is 71.6 Å². The number of rotatable bonds is 9. The molecule has 1 spiro atoms. The summed E-state index contributed by atoms with van der Waals surface area (Å²) >= 11 is 0. The lowest BCUT2D eigenvalue weighted by Crippen LogP contribution is -2.44. The van der Waals surface area contributed by atoms with Gasteiger partial charge in [0.15, 0.2) is 9.84 Å². The van der Waals surface area contributed by atoms with E-state index in [0.29, 0.717) is 18.5 Å². The lowest BCUT2D eigenvalue weighted by Gasteiger charge is -2.40. The molecule has 1 atom stereocenters. The van der Waals surface area contributed by atoms with Crippen LogP contribution in [-0.2, 0) is 21.7 Å². The van der Waals surface area contributed by atoms with Crippen molar-refractivity contribution in [3.05, 3.63) is 89.0 Å². The molecule has 8 nitrogen and oxygen atoms in total. The van der Waals surface area contributed by atoms with Crippen LogP contribution in [0.5, 0.6) is 11.5 Å². The molecule has 45 heavy (non-hydrogen) atoms. The minimum atomic E-state index is -3.59. The summed E-state index contributed by atoms with van der Waals surface area (Å²) in [6.45, 7) is 2.00. The first-order valence-electron chi connectivity index (χ1n) is 16.2. The van der Waals surface area contributed by atoms with Crippen LogP contribution in [0.3, 0.4) is 0 Å². The number of likely N-dealkylation sites (tertiary alicyclic amines) is 1. The normalized spacial score (nSPS) is 21.8. The lowest BCUT2D eigenvalue weighted by molar-refractivity contribution is 0.0666. The number of amides is 1. The zero-order chi connectivity index (χ0) is 31.6. The number of hydrogen-bond acceptors (Lipinski definition) is 7. The van der Waals surface area contributed by atoms with Gasteiger partial charge in [-0.2, -0.15) is 0 Å². The number of aliphatic hydroxyl groups is 1. The summed E-state index contributed by atoms with van der Waals surface area (Å²) in [6.07, 6.45) is 8.76. The molecule has 1 saturated heterocycles. The van der Waals surface area contributed by atoms with Crippen LogP contribution >= 0.6 is 0 Å². The Hall–Kier alpha value is -3.40. The number of benzene rings is 3. The highest BCUT2D eigenvalue weighted by Crippen LogP contribution is 2.46. The van der Waals surface area contributed by atoms with Gasteiger partial charge < -0.3 is 25.2 Å². The van der Waals surface area contributed by atoms with E-state index < -0.39 is 15.9 Å². The molecule has 0 aromatic heterocycles. The second-order valence-electron chi connectivity index (χ2n) is 13.2. The van der Waals surface area contributed by atoms with E-state index in [-0.39, 0.29) is 34.3 Å². The van der Waals surface area contributed by atoms with Crippen molar-refractivity contribution in [2.45, 2.75) is 79.7 Å². The van der Waals surface area contributed by atoms with Crippen LogP contribution in [0.4, 0.5) is 0 Å². The third kappa shape index (κ3) is 7.05. The first kappa shape index (κ1) is 31.6. The molecule has 3 aliphatic rings. The number of hydrogen-bond donors (Lipinski definition) is 3. The van der Waals surface area contributed by atoms with Gasteiger partial charge in [-0.25, -0.2) is 8.42 Å². The van der Waals surface area contributed by atoms with Crippen molar-refractivity contribution in [1.82, 2.24) is 10.2 Å². The van der Waals surface area contributed by atoms with E-state index in [1.807, 2.05) is 17.0 Å². The number of fused-ring (bicyclic) bond motifs is 2. The minimum absolute atomic E-state index is 0.00759. The number of nitrogens with one attached hydrogen (secondary N) is 1. The number of aliphatic hydroxyl groups excluding tert-OH is 1. The summed E-state index contributed by atoms with van der Waals surface area (Å²) in [5.41, 5.74) is 5.29. The zero-order valence-corrected chi connectivity index (χ0v) is 26.8. The van der Waals surface area contributed by atoms with Crippen LogP contribution in [0.2, 0.25) is 0 Å². The van der Waals surface area contributed by atoms with E-state index in [0.717, 1.165) is 69.9 Å². The first-order valence-corrected chi connectivity index (χ1v) is 18.1. The molecule has 240 valence electrons. The summed E-state index contributed by atoms with van der Waals surface area (Å²) in [5.74, 6) is 0.546. The molecule has 0 radical (unpaired) electrons. The number of sulfone groups is 1. The number of carbonyl (C=O) groups excluding carboxylic acids is 1. The predicted molar refractivity (Wildman–Crippen MR) is 174 cm³/mol. The van der Waals surface area contributed by atoms with Gasteiger partial charge in [-0.3, -0.25) is 4.79 Å². The van der Waals surface area contributed by atoms with E-state index in [1.165, 1.54) is 41.3 Å². The Kier molecular flexibility index (Phi) is 9.22. The third-order valence-electron chi connectivity index (χ3n) is 10.2. The predicted octanol–water partition coefficient (Wildman–Crippen LogP) is 4.97. The van der Waals surface area contributed by atoms with Gasteiger partial charge >= 0.3 is 0 Å². The Labute approximate surface area is 266 Å². The number of piperidine rings is 1. The second kappa shape index (κ2) is 13.1. The van der Waals surface area contributed by atoms with Gasteiger partial charge in [-0.15, -0.1) is 0 Å². The molecule has 3 aromatic carbocycles. The Balaban J connectivity index is 0.929. The quantitative estimate of drug-likeness (QED) is 0.305. The standard InChI is InChI=1S/C36H44N2O6S/c1-45(42,43)34-22-31(14-15-33(34)40)44-24-30(39)23-37-29-12-10-26(11-13-29)25-6-8-28(9-7-25)35(41)38-20-18-36(19-21-38)17-16-27-4-2-3-5-32(27)36/h2-9,14-15,22,26,29-30,37,39-40H,10-13,16-21,23-24H2,1H3/t26-,29-,30-/m0/s1. The Morgan fingerprint density at radius 2 is 1.71 bits per heavy atom. The second-order valence-corrected chi connectivity index (χ2v) is 15.2. The fourth-order valence-corrected chi connectivity index (χ4v) is 8.35. The molecule has 1 amide bonds. The Morgan fingerprint density at radius 1 is 1.00 bits per heavy atom. The van der Waals surface area contributed by atoms with Gasteiger partial charge in [0.25, 0.3) is 5.91 Å². The lowest BCUT2D eigenvalue weighted by atomic mass is 9.74. The van der Waals surface area contributed by atoms with Gasteiger partial charge in [0.05, 0.1) is 0 Å². The molecule has 1 saturated carbocycles. The summed E-state index contributed by atoms with van der Waals surface area (Å²) in [4.78, 5) is 15.2. The summed E-state index contributed by atoms with van der Waals surface area (Å²) in [5, 5.41) is 23.7. The molecule has 0 bridgehead atoms. The molecule has 2 fully saturated rings. The van der Waals surface area contributed by atoms with E-state index in [2.05, 4.69) is 41.7 Å². The van der Waals surface area contributed by atoms with Crippen LogP contribution in [-0.4, -0.2) is 74.1 Å². The highest BCUT2D eigenvalue weighted by molar-refractivity contribution is 7.90. The molecule has 0 unspecified atom stereocenters. The SMILES string of the molecule is CS(=O)(=O)c1cc(OC[C@@H](O)CN[C@H]2CC[C@H](c3ccc(C(=O)N4CCC5(CCc6ccccc65)CC4)cc3)CC2)ccc1O. The number of nitrogens with zero attached hydrogens (tertiary/aromatic N) is 1. The maximum atomic E-state index is 13.4. The van der Waals surface area contributed by atoms with Gasteiger partial charge in [0, 0.05) is 43.6 Å². The van der Waals surface area contributed by atoms with Gasteiger partial charge in [0.2, 0.25) is 0 Å². The molecule has 3 N–H and O–H groups in total. The summed E-state index contributed by atoms with van der Waals surface area (Å²) < 4.78 is 29.2. The smallest absolute Gasteiger partial charge is 0.253 e. The third-order valence-corrected chi connectivity index (χ3v) is 11.4. The molecular formula is C36H44N2O6S. The molecule has 1 heterocycles. The van der Waals surface area contributed by atoms with Gasteiger partial charge in [-0.05, 0) is 104 Å². The average Bonchev–Trinajstić information content (AvgIpc) is 3.41. The average molecular weight is 633 g/mol. The molecule has 6 rings (SSSR count). The fourth-order valence-electron chi connectivity index (χ4n) is 7.57. The number of carbonyl (C=O) groups is 1. The van der Waals surface area contributed by atoms with Crippen LogP contribution in [0, 0.1) is 0 Å². The van der Waals surface area contributed by atoms with Gasteiger partial charge in [0.1, 0.15) is 29.1 Å². The van der Waals surface area contributed by atoms with Crippen molar-refractivity contribution in [1.29, 1.82) is 0 Å². The Bertz CT molecular complexity index is 1610. The monoisotopic (exact) mass is 632 g/mol. The van der Waals surface area contributed by atoms with Crippen LogP contribution in [0.1, 0.15) is 77.9 Å². The topological polar surface area (TPSA) is 116 Å². The van der Waals surface area contributed by atoms with Crippen molar-refractivity contribution in [2.24, 2.45) is 0 Å². The number of phenols is 1. The van der Waals surface area contributed by atoms with Crippen LogP contribution < -0.4 is 10.1 Å². The fraction of sp³-hybridized carbons (Fsp3) is 0.472. The van der Waals surface area contributed by atoms with Crippen molar-refractivity contribution < 1.29 is 28.2 Å². The Morgan fingerprint density at radius 3 is 2.42 bits per heavy atom. The number of aryl methyl sites for hydroxylation is 1. The first-order chi connectivity index (χ1) is 21.6. The summed E-state index contributed by atoms with van der Waals surface area (Å²) in [7, 11) is -3.59. The van der Waals surface area contributed by atoms with Crippen molar-refractivity contribution in [3.63, 3.8) is 0 Å². The zero-order valence-electron chi connectivity index (χ0n) is 26.0. The highest BCUT2D eigenvalue weighted by atomic mass is 32.2. The molecular weight excluding hydrogens is 588 g/mol. The number of phenolic OH excluding ortho intramolecular Hbond substituents is 1. The number of aromatic hydroxyl groups is 1. The summed E-state index contributed by atoms with van der Waals surface area (Å²) in [6, 6.07) is 21.4. The molecule has 2 aliphatic carbocycles. The minimum Gasteiger partial charge on any atom is -0.507 e. The maximum absolute atomic E-state index is 13.4. The maximum Gasteiger partial charge on any atom is 0.253 e. The van der Waals surface area contributed by atoms with Gasteiger partial charge in [-0.1, -0.05) is 36.4 Å². The van der Waals surface area contributed by atoms with Crippen molar-refractivity contribution in [2.75, 3.05) is 32.5 Å². The van der Waals surface area contributed by atoms with E-state index in [9.17, 15) is 23.4 Å². The van der Waals surface area contributed by atoms with Crippen molar-refractivity contribution >= 4 is 15.7 Å². The molecule has 1 aliphatic heterocycles. The number of ether oxygens (including phenoxy) is 1. The highest BCUT2D eigenvalue weighted by Gasteiger charge is 2.41. The van der Waals surface area contributed by atoms with E-state index in [4.69, 9.17) is 4.74 Å². The largest absolute Gasteiger partial charge is 0.507 e.